The fourth-order valence-electron chi connectivity index (χ4n) is 2.20. The van der Waals surface area contributed by atoms with Crippen molar-refractivity contribution >= 4 is 21.5 Å². The van der Waals surface area contributed by atoms with Crippen LogP contribution in [0.25, 0.3) is 5.65 Å². The number of aromatic nitrogens is 2. The van der Waals surface area contributed by atoms with Gasteiger partial charge in [-0.15, -0.1) is 0 Å². The van der Waals surface area contributed by atoms with E-state index in [4.69, 9.17) is 10.5 Å². The molecule has 0 aliphatic rings. The third-order valence-corrected chi connectivity index (χ3v) is 5.27. The molecular weight excluding hydrogens is 292 g/mol. The van der Waals surface area contributed by atoms with Gasteiger partial charge in [0.2, 0.25) is 0 Å². The van der Waals surface area contributed by atoms with Gasteiger partial charge in [-0.25, -0.2) is 13.4 Å². The maximum absolute atomic E-state index is 12.9. The summed E-state index contributed by atoms with van der Waals surface area (Å²) in [5.74, 6) is 0.00395. The van der Waals surface area contributed by atoms with Crippen LogP contribution in [0.2, 0.25) is 0 Å². The second-order valence-electron chi connectivity index (χ2n) is 4.93. The number of rotatable bonds is 6. The van der Waals surface area contributed by atoms with E-state index >= 15 is 0 Å². The van der Waals surface area contributed by atoms with Crippen LogP contribution in [0.1, 0.15) is 13.8 Å². The quantitative estimate of drug-likeness (QED) is 0.858. The molecule has 116 valence electrons. The number of nitrogens with two attached hydrogens (primary N) is 1. The van der Waals surface area contributed by atoms with Crippen LogP contribution in [0.3, 0.4) is 0 Å². The molecule has 2 heterocycles. The summed E-state index contributed by atoms with van der Waals surface area (Å²) in [7, 11) is -2.22. The van der Waals surface area contributed by atoms with Crippen LogP contribution >= 0.6 is 0 Å². The van der Waals surface area contributed by atoms with Crippen LogP contribution in [-0.2, 0) is 14.8 Å². The molecule has 0 aliphatic heterocycles. The zero-order valence-corrected chi connectivity index (χ0v) is 13.2. The molecule has 2 aromatic heterocycles. The van der Waals surface area contributed by atoms with Crippen molar-refractivity contribution < 1.29 is 13.2 Å². The van der Waals surface area contributed by atoms with Gasteiger partial charge in [-0.1, -0.05) is 6.07 Å². The molecule has 0 spiro atoms. The summed E-state index contributed by atoms with van der Waals surface area (Å²) in [6.45, 7) is 4.20. The lowest BCUT2D eigenvalue weighted by molar-refractivity contribution is 0.170. The number of hydrogen-bond acceptors (Lipinski definition) is 5. The van der Waals surface area contributed by atoms with Crippen molar-refractivity contribution in [2.24, 2.45) is 0 Å². The minimum atomic E-state index is -3.76. The normalized spacial score (nSPS) is 12.6. The average molecular weight is 312 g/mol. The first-order valence-corrected chi connectivity index (χ1v) is 8.07. The number of fused-ring (bicyclic) bond motifs is 1. The molecule has 0 aliphatic carbocycles. The van der Waals surface area contributed by atoms with E-state index in [2.05, 4.69) is 4.98 Å². The van der Waals surface area contributed by atoms with Gasteiger partial charge in [0.15, 0.2) is 10.8 Å². The Morgan fingerprint density at radius 1 is 1.43 bits per heavy atom. The molecule has 0 amide bonds. The topological polar surface area (TPSA) is 89.9 Å². The van der Waals surface area contributed by atoms with Crippen LogP contribution < -0.4 is 5.73 Å². The average Bonchev–Trinajstić information content (AvgIpc) is 2.74. The van der Waals surface area contributed by atoms with E-state index in [9.17, 15) is 8.42 Å². The number of methoxy groups -OCH3 is 1. The minimum Gasteiger partial charge on any atom is -0.383 e. The highest BCUT2D eigenvalue weighted by Crippen LogP contribution is 2.24. The van der Waals surface area contributed by atoms with Gasteiger partial charge in [0.05, 0.1) is 6.61 Å². The van der Waals surface area contributed by atoms with Crippen LogP contribution in [-0.4, -0.2) is 48.4 Å². The van der Waals surface area contributed by atoms with Gasteiger partial charge in [-0.2, -0.15) is 4.31 Å². The lowest BCUT2D eigenvalue weighted by Gasteiger charge is -2.25. The lowest BCUT2D eigenvalue weighted by Crippen LogP contribution is -2.40. The molecule has 2 aromatic rings. The number of pyridine rings is 1. The monoisotopic (exact) mass is 312 g/mol. The molecule has 0 saturated carbocycles. The van der Waals surface area contributed by atoms with Gasteiger partial charge in [-0.3, -0.25) is 4.40 Å². The van der Waals surface area contributed by atoms with Gasteiger partial charge in [-0.05, 0) is 26.0 Å². The number of nitrogens with zero attached hydrogens (tertiary/aromatic N) is 3. The number of hydrogen-bond donors (Lipinski definition) is 1. The summed E-state index contributed by atoms with van der Waals surface area (Å²) in [5, 5.41) is 0.00269. The Kier molecular flexibility index (Phi) is 4.50. The van der Waals surface area contributed by atoms with Crippen molar-refractivity contribution in [1.29, 1.82) is 0 Å². The highest BCUT2D eigenvalue weighted by atomic mass is 32.2. The summed E-state index contributed by atoms with van der Waals surface area (Å²) in [6.07, 6.45) is 1.64. The Hall–Kier alpha value is -1.64. The first-order valence-electron chi connectivity index (χ1n) is 6.63. The van der Waals surface area contributed by atoms with Crippen LogP contribution in [0, 0.1) is 0 Å². The predicted octanol–water partition coefficient (Wildman–Crippen LogP) is 0.962. The summed E-state index contributed by atoms with van der Waals surface area (Å²) in [6, 6.07) is 5.02. The summed E-state index contributed by atoms with van der Waals surface area (Å²) < 4.78 is 33.7. The fraction of sp³-hybridized carbons (Fsp3) is 0.462. The Labute approximate surface area is 124 Å². The van der Waals surface area contributed by atoms with Crippen molar-refractivity contribution in [3.8, 4) is 0 Å². The molecule has 0 aromatic carbocycles. The SMILES string of the molecule is COCCN(C(C)C)S(=O)(=O)c1c(N)nc2ccccn12. The Morgan fingerprint density at radius 3 is 2.76 bits per heavy atom. The molecule has 8 heteroatoms. The molecule has 0 fully saturated rings. The zero-order valence-electron chi connectivity index (χ0n) is 12.4. The summed E-state index contributed by atoms with van der Waals surface area (Å²) in [5.41, 5.74) is 6.34. The number of imidazole rings is 1. The van der Waals surface area contributed by atoms with Crippen molar-refractivity contribution in [2.75, 3.05) is 26.0 Å². The number of nitrogen functional groups attached to an aromatic ring is 1. The van der Waals surface area contributed by atoms with Crippen LogP contribution in [0.5, 0.6) is 0 Å². The highest BCUT2D eigenvalue weighted by molar-refractivity contribution is 7.89. The number of sulfonamides is 1. The number of anilines is 1. The lowest BCUT2D eigenvalue weighted by atomic mass is 10.4. The fourth-order valence-corrected chi connectivity index (χ4v) is 4.00. The molecule has 0 atom stereocenters. The first kappa shape index (κ1) is 15.7. The van der Waals surface area contributed by atoms with Crippen molar-refractivity contribution in [1.82, 2.24) is 13.7 Å². The second kappa shape index (κ2) is 6.00. The summed E-state index contributed by atoms with van der Waals surface area (Å²) in [4.78, 5) is 4.11. The molecule has 2 rings (SSSR count). The van der Waals surface area contributed by atoms with E-state index in [1.807, 2.05) is 13.8 Å². The van der Waals surface area contributed by atoms with Crippen molar-refractivity contribution in [2.45, 2.75) is 24.9 Å². The van der Waals surface area contributed by atoms with E-state index < -0.39 is 10.0 Å². The van der Waals surface area contributed by atoms with Gasteiger partial charge >= 0.3 is 0 Å². The van der Waals surface area contributed by atoms with E-state index in [1.54, 1.807) is 24.4 Å². The number of ether oxygens (including phenoxy) is 1. The smallest absolute Gasteiger partial charge is 0.263 e. The zero-order chi connectivity index (χ0) is 15.6. The molecule has 0 unspecified atom stereocenters. The van der Waals surface area contributed by atoms with E-state index in [0.29, 0.717) is 12.3 Å². The Balaban J connectivity index is 2.57. The van der Waals surface area contributed by atoms with Gasteiger partial charge in [0.1, 0.15) is 5.65 Å². The van der Waals surface area contributed by atoms with E-state index in [1.165, 1.54) is 15.8 Å². The third-order valence-electron chi connectivity index (χ3n) is 3.16. The third kappa shape index (κ3) is 2.87. The van der Waals surface area contributed by atoms with Gasteiger partial charge in [0.25, 0.3) is 10.0 Å². The molecule has 21 heavy (non-hydrogen) atoms. The van der Waals surface area contributed by atoms with Crippen LogP contribution in [0.15, 0.2) is 29.4 Å². The Bertz CT molecular complexity index is 724. The van der Waals surface area contributed by atoms with Crippen molar-refractivity contribution in [3.63, 3.8) is 0 Å². The van der Waals surface area contributed by atoms with Crippen LogP contribution in [0.4, 0.5) is 5.82 Å². The second-order valence-corrected chi connectivity index (χ2v) is 6.74. The molecule has 7 nitrogen and oxygen atoms in total. The maximum atomic E-state index is 12.9. The van der Waals surface area contributed by atoms with Gasteiger partial charge < -0.3 is 10.5 Å². The molecule has 2 N–H and O–H groups in total. The Morgan fingerprint density at radius 2 is 2.14 bits per heavy atom. The maximum Gasteiger partial charge on any atom is 0.263 e. The van der Waals surface area contributed by atoms with E-state index in [-0.39, 0.29) is 23.4 Å². The molecule has 0 saturated heterocycles. The predicted molar refractivity (Wildman–Crippen MR) is 80.5 cm³/mol. The molecule has 0 radical (unpaired) electrons. The highest BCUT2D eigenvalue weighted by Gasteiger charge is 2.32. The van der Waals surface area contributed by atoms with Crippen molar-refractivity contribution in [3.05, 3.63) is 24.4 Å². The summed E-state index contributed by atoms with van der Waals surface area (Å²) >= 11 is 0. The molecular formula is C13H20N4O3S. The first-order chi connectivity index (χ1) is 9.89. The largest absolute Gasteiger partial charge is 0.383 e. The molecule has 0 bridgehead atoms. The minimum absolute atomic E-state index is 0.00269. The van der Waals surface area contributed by atoms with Gasteiger partial charge in [0, 0.05) is 25.9 Å². The van der Waals surface area contributed by atoms with E-state index in [0.717, 1.165) is 0 Å². The standard InChI is InChI=1S/C13H20N4O3S/c1-10(2)17(8-9-20-3)21(18,19)13-12(14)15-11-6-4-5-7-16(11)13/h4-7,10H,8-9,14H2,1-3H3.